The summed E-state index contributed by atoms with van der Waals surface area (Å²) in [7, 11) is 0. The molecule has 0 radical (unpaired) electrons. The van der Waals surface area contributed by atoms with Gasteiger partial charge in [-0.05, 0) is 49.2 Å². The predicted octanol–water partition coefficient (Wildman–Crippen LogP) is 7.79. The Morgan fingerprint density at radius 1 is 0.571 bits per heavy atom. The molecule has 0 nitrogen and oxygen atoms in total. The van der Waals surface area contributed by atoms with Crippen LogP contribution >= 0.6 is 0 Å². The van der Waals surface area contributed by atoms with E-state index in [1.54, 1.807) is 0 Å². The number of hydrogen-bond donors (Lipinski definition) is 0. The van der Waals surface area contributed by atoms with Crippen LogP contribution in [0.1, 0.15) is 71.1 Å². The van der Waals surface area contributed by atoms with Crippen molar-refractivity contribution in [3.05, 3.63) is 95.1 Å². The summed E-state index contributed by atoms with van der Waals surface area (Å²) in [5.41, 5.74) is 4.27. The number of allylic oxidation sites excluding steroid dienone is 4. The van der Waals surface area contributed by atoms with E-state index in [1.807, 2.05) is 96.1 Å². The average Bonchev–Trinajstić information content (AvgIpc) is 2.82. The van der Waals surface area contributed by atoms with Crippen LogP contribution in [0.25, 0.3) is 0 Å². The smallest absolute Gasteiger partial charge is 0.0249 e. The average molecular weight is 371 g/mol. The van der Waals surface area contributed by atoms with Crippen LogP contribution < -0.4 is 0 Å². The van der Waals surface area contributed by atoms with E-state index in [4.69, 9.17) is 0 Å². The maximum atomic E-state index is 3.24. The molecule has 0 bridgehead atoms. The third-order valence-electron chi connectivity index (χ3n) is 3.39. The Bertz CT molecular complexity index is 811. The molecule has 1 aliphatic carbocycles. The first-order valence-corrected chi connectivity index (χ1v) is 10.4. The normalized spacial score (nSPS) is 10.4. The summed E-state index contributed by atoms with van der Waals surface area (Å²) < 4.78 is 0. The fourth-order valence-corrected chi connectivity index (χ4v) is 2.16. The predicted molar refractivity (Wildman–Crippen MR) is 126 cm³/mol. The summed E-state index contributed by atoms with van der Waals surface area (Å²) in [6, 6.07) is 18.1. The Morgan fingerprint density at radius 3 is 1.50 bits per heavy atom. The molecule has 28 heavy (non-hydrogen) atoms. The van der Waals surface area contributed by atoms with Crippen LogP contribution in [0.4, 0.5) is 0 Å². The number of benzene rings is 2. The van der Waals surface area contributed by atoms with Gasteiger partial charge in [0.2, 0.25) is 0 Å². The molecule has 0 aliphatic heterocycles. The van der Waals surface area contributed by atoms with Gasteiger partial charge in [-0.25, -0.2) is 0 Å². The van der Waals surface area contributed by atoms with Crippen molar-refractivity contribution < 1.29 is 0 Å². The van der Waals surface area contributed by atoms with Crippen LogP contribution in [0.5, 0.6) is 0 Å². The number of hydrogen-bond acceptors (Lipinski definition) is 0. The molecule has 3 rings (SSSR count). The lowest BCUT2D eigenvalue weighted by Gasteiger charge is -1.99. The monoisotopic (exact) mass is 370 g/mol. The maximum absolute atomic E-state index is 3.24. The lowest BCUT2D eigenvalue weighted by Crippen LogP contribution is -1.83. The molecule has 0 N–H and O–H groups in total. The second-order valence-electron chi connectivity index (χ2n) is 5.10. The highest BCUT2D eigenvalue weighted by Crippen LogP contribution is 2.10. The van der Waals surface area contributed by atoms with E-state index in [2.05, 4.69) is 41.9 Å². The molecule has 0 heterocycles. The molecule has 146 valence electrons. The molecule has 0 saturated carbocycles. The van der Waals surface area contributed by atoms with Crippen LogP contribution in [0.15, 0.2) is 78.4 Å². The summed E-state index contributed by atoms with van der Waals surface area (Å²) in [4.78, 5) is 0. The zero-order valence-corrected chi connectivity index (χ0v) is 18.3. The van der Waals surface area contributed by atoms with Crippen LogP contribution in [-0.2, 0) is 0 Å². The molecular formula is C28H34. The fraction of sp³-hybridized carbons (Fsp3) is 0.286. The van der Waals surface area contributed by atoms with Crippen LogP contribution in [0, 0.1) is 23.7 Å². The summed E-state index contributed by atoms with van der Waals surface area (Å²) in [5.74, 6) is 12.8. The van der Waals surface area contributed by atoms with E-state index in [1.165, 1.54) is 5.57 Å². The Hall–Kier alpha value is -2.96. The van der Waals surface area contributed by atoms with Gasteiger partial charge in [-0.15, -0.1) is 0 Å². The van der Waals surface area contributed by atoms with Gasteiger partial charge in [0.25, 0.3) is 0 Å². The first-order valence-electron chi connectivity index (χ1n) is 10.4. The SMILES string of the molecule is C(#Cc1ccc(C#Cc2ccccc2)cc1)C1=CC=CCC1.CC.CC.CC. The van der Waals surface area contributed by atoms with Crippen LogP contribution in [0.2, 0.25) is 0 Å². The topological polar surface area (TPSA) is 0 Å². The highest BCUT2D eigenvalue weighted by Gasteiger charge is 1.94. The van der Waals surface area contributed by atoms with Crippen molar-refractivity contribution in [2.45, 2.75) is 54.4 Å². The van der Waals surface area contributed by atoms with E-state index in [9.17, 15) is 0 Å². The quantitative estimate of drug-likeness (QED) is 0.415. The molecule has 1 aliphatic rings. The zero-order valence-electron chi connectivity index (χ0n) is 18.3. The van der Waals surface area contributed by atoms with Gasteiger partial charge in [0, 0.05) is 22.3 Å². The molecule has 2 aromatic carbocycles. The molecule has 2 aromatic rings. The molecule has 0 saturated heterocycles. The van der Waals surface area contributed by atoms with E-state index >= 15 is 0 Å². The van der Waals surface area contributed by atoms with E-state index in [0.717, 1.165) is 29.5 Å². The molecule has 0 amide bonds. The molecule has 0 fully saturated rings. The number of rotatable bonds is 0. The second kappa shape index (κ2) is 17.5. The van der Waals surface area contributed by atoms with Crippen LogP contribution in [-0.4, -0.2) is 0 Å². The summed E-state index contributed by atoms with van der Waals surface area (Å²) in [6.07, 6.45) is 8.48. The van der Waals surface area contributed by atoms with Crippen LogP contribution in [0.3, 0.4) is 0 Å². The maximum Gasteiger partial charge on any atom is 0.0249 e. The lowest BCUT2D eigenvalue weighted by molar-refractivity contribution is 1.000. The van der Waals surface area contributed by atoms with Gasteiger partial charge in [0.05, 0.1) is 0 Å². The highest BCUT2D eigenvalue weighted by atomic mass is 14.0. The van der Waals surface area contributed by atoms with Gasteiger partial charge in [-0.3, -0.25) is 0 Å². The van der Waals surface area contributed by atoms with Crippen molar-refractivity contribution in [2.75, 3.05) is 0 Å². The van der Waals surface area contributed by atoms with E-state index < -0.39 is 0 Å². The first kappa shape index (κ1) is 25.0. The summed E-state index contributed by atoms with van der Waals surface area (Å²) >= 11 is 0. The molecule has 0 spiro atoms. The Kier molecular flexibility index (Phi) is 15.6. The van der Waals surface area contributed by atoms with Crippen molar-refractivity contribution in [3.8, 4) is 23.7 Å². The largest absolute Gasteiger partial charge is 0.0842 e. The second-order valence-corrected chi connectivity index (χ2v) is 5.10. The van der Waals surface area contributed by atoms with Crippen molar-refractivity contribution >= 4 is 0 Å². The van der Waals surface area contributed by atoms with Gasteiger partial charge in [0.1, 0.15) is 0 Å². The standard InChI is InChI=1S/C22H16.3C2H6/c1-3-7-19(8-4-1)11-13-21-15-17-22(18-16-21)14-12-20-9-5-2-6-10-20;3*1-2/h1-5,7-9,15-18H,6,10H2;3*1-2H3. The van der Waals surface area contributed by atoms with E-state index in [0.29, 0.717) is 0 Å². The van der Waals surface area contributed by atoms with Gasteiger partial charge in [0.15, 0.2) is 0 Å². The molecule has 0 heteroatoms. The summed E-state index contributed by atoms with van der Waals surface area (Å²) in [5, 5.41) is 0. The van der Waals surface area contributed by atoms with Crippen molar-refractivity contribution in [1.82, 2.24) is 0 Å². The minimum absolute atomic E-state index is 1.01. The van der Waals surface area contributed by atoms with Gasteiger partial charge < -0.3 is 0 Å². The lowest BCUT2D eigenvalue weighted by atomic mass is 10.0. The van der Waals surface area contributed by atoms with Crippen molar-refractivity contribution in [1.29, 1.82) is 0 Å². The van der Waals surface area contributed by atoms with Crippen molar-refractivity contribution in [3.63, 3.8) is 0 Å². The molecule has 0 aromatic heterocycles. The molecular weight excluding hydrogens is 336 g/mol. The summed E-state index contributed by atoms with van der Waals surface area (Å²) in [6.45, 7) is 12.0. The van der Waals surface area contributed by atoms with E-state index in [-0.39, 0.29) is 0 Å². The Balaban J connectivity index is 0.00000111. The Labute approximate surface area is 173 Å². The molecule has 0 unspecified atom stereocenters. The third-order valence-corrected chi connectivity index (χ3v) is 3.39. The molecule has 0 atom stereocenters. The zero-order chi connectivity index (χ0) is 21.0. The third kappa shape index (κ3) is 10.3. The highest BCUT2D eigenvalue weighted by molar-refractivity contribution is 5.47. The minimum Gasteiger partial charge on any atom is -0.0842 e. The first-order chi connectivity index (χ1) is 13.9. The fourth-order valence-electron chi connectivity index (χ4n) is 2.16. The Morgan fingerprint density at radius 2 is 1.04 bits per heavy atom. The minimum atomic E-state index is 1.01. The van der Waals surface area contributed by atoms with Gasteiger partial charge in [-0.1, -0.05) is 102 Å². The van der Waals surface area contributed by atoms with Gasteiger partial charge >= 0.3 is 0 Å². The van der Waals surface area contributed by atoms with Gasteiger partial charge in [-0.2, -0.15) is 0 Å². The van der Waals surface area contributed by atoms with Crippen molar-refractivity contribution in [2.24, 2.45) is 0 Å².